The summed E-state index contributed by atoms with van der Waals surface area (Å²) in [6.45, 7) is 1.70. The first-order chi connectivity index (χ1) is 8.59. The molecule has 1 amide bonds. The molecule has 2 saturated carbocycles. The van der Waals surface area contributed by atoms with E-state index >= 15 is 0 Å². The van der Waals surface area contributed by atoms with Gasteiger partial charge >= 0.3 is 0 Å². The van der Waals surface area contributed by atoms with Gasteiger partial charge in [-0.1, -0.05) is 12.8 Å². The van der Waals surface area contributed by atoms with Gasteiger partial charge in [0.1, 0.15) is 0 Å². The Morgan fingerprint density at radius 1 is 1.33 bits per heavy atom. The smallest absolute Gasteiger partial charge is 0.221 e. The molecule has 0 spiro atoms. The lowest BCUT2D eigenvalue weighted by molar-refractivity contribution is -0.123. The number of hydrogen-bond donors (Lipinski definition) is 2. The van der Waals surface area contributed by atoms with Gasteiger partial charge in [0.25, 0.3) is 0 Å². The molecule has 104 valence electrons. The monoisotopic (exact) mass is 253 g/mol. The van der Waals surface area contributed by atoms with Gasteiger partial charge in [-0.3, -0.25) is 4.79 Å². The molecule has 2 fully saturated rings. The van der Waals surface area contributed by atoms with Crippen LogP contribution in [-0.4, -0.2) is 42.5 Å². The van der Waals surface area contributed by atoms with Crippen LogP contribution in [0.1, 0.15) is 51.4 Å². The number of nitrogens with two attached hydrogens (primary N) is 1. The lowest BCUT2D eigenvalue weighted by atomic mass is 9.75. The van der Waals surface area contributed by atoms with Crippen molar-refractivity contribution >= 4 is 5.91 Å². The first-order valence-electron chi connectivity index (χ1n) is 7.35. The van der Waals surface area contributed by atoms with Crippen LogP contribution >= 0.6 is 0 Å². The van der Waals surface area contributed by atoms with Gasteiger partial charge in [0.05, 0.1) is 0 Å². The van der Waals surface area contributed by atoms with Crippen LogP contribution in [0.3, 0.4) is 0 Å². The highest BCUT2D eigenvalue weighted by atomic mass is 16.1. The van der Waals surface area contributed by atoms with Gasteiger partial charge in [-0.05, 0) is 39.2 Å². The van der Waals surface area contributed by atoms with Gasteiger partial charge in [-0.15, -0.1) is 0 Å². The van der Waals surface area contributed by atoms with E-state index < -0.39 is 0 Å². The SMILES string of the molecule is CN(CCNC(=O)CC1(N)CCC1)C1CCCC1. The summed E-state index contributed by atoms with van der Waals surface area (Å²) in [7, 11) is 2.17. The maximum Gasteiger partial charge on any atom is 0.221 e. The van der Waals surface area contributed by atoms with Crippen molar-refractivity contribution in [2.75, 3.05) is 20.1 Å². The Labute approximate surface area is 110 Å². The Balaban J connectivity index is 1.58. The Morgan fingerprint density at radius 2 is 2.00 bits per heavy atom. The highest BCUT2D eigenvalue weighted by Crippen LogP contribution is 2.31. The molecule has 0 aromatic heterocycles. The number of amides is 1. The lowest BCUT2D eigenvalue weighted by Gasteiger charge is -2.37. The molecular formula is C14H27N3O. The van der Waals surface area contributed by atoms with Gasteiger partial charge < -0.3 is 16.0 Å². The molecule has 3 N–H and O–H groups in total. The molecule has 4 heteroatoms. The number of carbonyl (C=O) groups is 1. The van der Waals surface area contributed by atoms with Crippen LogP contribution in [0.4, 0.5) is 0 Å². The van der Waals surface area contributed by atoms with Gasteiger partial charge in [0.2, 0.25) is 5.91 Å². The molecule has 0 bridgehead atoms. The predicted molar refractivity (Wildman–Crippen MR) is 73.3 cm³/mol. The molecule has 18 heavy (non-hydrogen) atoms. The molecule has 0 radical (unpaired) electrons. The fourth-order valence-corrected chi connectivity index (χ4v) is 3.09. The van der Waals surface area contributed by atoms with Crippen molar-refractivity contribution in [3.8, 4) is 0 Å². The minimum Gasteiger partial charge on any atom is -0.355 e. The van der Waals surface area contributed by atoms with Crippen LogP contribution in [0.25, 0.3) is 0 Å². The molecule has 0 heterocycles. The third-order valence-electron chi connectivity index (χ3n) is 4.60. The molecular weight excluding hydrogens is 226 g/mol. The number of likely N-dealkylation sites (N-methyl/N-ethyl adjacent to an activating group) is 1. The summed E-state index contributed by atoms with van der Waals surface area (Å²) in [6, 6.07) is 0.731. The predicted octanol–water partition coefficient (Wildman–Crippen LogP) is 1.25. The molecule has 0 aliphatic heterocycles. The average Bonchev–Trinajstić information content (AvgIpc) is 2.80. The van der Waals surface area contributed by atoms with Gasteiger partial charge in [-0.25, -0.2) is 0 Å². The van der Waals surface area contributed by atoms with Crippen molar-refractivity contribution in [2.45, 2.75) is 62.9 Å². The Bertz CT molecular complexity index is 283. The van der Waals surface area contributed by atoms with E-state index in [0.29, 0.717) is 6.42 Å². The van der Waals surface area contributed by atoms with E-state index in [2.05, 4.69) is 17.3 Å². The maximum absolute atomic E-state index is 11.7. The second-order valence-electron chi connectivity index (χ2n) is 6.16. The largest absolute Gasteiger partial charge is 0.355 e. The van der Waals surface area contributed by atoms with Crippen LogP contribution < -0.4 is 11.1 Å². The summed E-state index contributed by atoms with van der Waals surface area (Å²) >= 11 is 0. The van der Waals surface area contributed by atoms with E-state index in [9.17, 15) is 4.79 Å². The quantitative estimate of drug-likeness (QED) is 0.749. The molecule has 0 atom stereocenters. The zero-order valence-electron chi connectivity index (χ0n) is 11.6. The highest BCUT2D eigenvalue weighted by molar-refractivity contribution is 5.77. The molecule has 2 aliphatic rings. The molecule has 0 unspecified atom stereocenters. The first kappa shape index (κ1) is 13.8. The van der Waals surface area contributed by atoms with Crippen molar-refractivity contribution < 1.29 is 4.79 Å². The molecule has 0 aromatic carbocycles. The first-order valence-corrected chi connectivity index (χ1v) is 7.35. The third-order valence-corrected chi connectivity index (χ3v) is 4.60. The van der Waals surface area contributed by atoms with Crippen LogP contribution in [0.5, 0.6) is 0 Å². The molecule has 2 rings (SSSR count). The third kappa shape index (κ3) is 3.69. The van der Waals surface area contributed by atoms with Gasteiger partial charge in [-0.2, -0.15) is 0 Å². The summed E-state index contributed by atoms with van der Waals surface area (Å²) in [5.74, 6) is 0.122. The Hall–Kier alpha value is -0.610. The van der Waals surface area contributed by atoms with Crippen molar-refractivity contribution in [1.82, 2.24) is 10.2 Å². The fourth-order valence-electron chi connectivity index (χ4n) is 3.09. The topological polar surface area (TPSA) is 58.4 Å². The van der Waals surface area contributed by atoms with E-state index in [4.69, 9.17) is 5.73 Å². The average molecular weight is 253 g/mol. The van der Waals surface area contributed by atoms with E-state index in [0.717, 1.165) is 32.0 Å². The zero-order valence-corrected chi connectivity index (χ0v) is 11.6. The van der Waals surface area contributed by atoms with Gasteiger partial charge in [0, 0.05) is 31.1 Å². The Morgan fingerprint density at radius 3 is 2.56 bits per heavy atom. The summed E-state index contributed by atoms with van der Waals surface area (Å²) in [5.41, 5.74) is 5.87. The fraction of sp³-hybridized carbons (Fsp3) is 0.929. The van der Waals surface area contributed by atoms with Crippen LogP contribution in [0.15, 0.2) is 0 Å². The highest BCUT2D eigenvalue weighted by Gasteiger charge is 2.34. The molecule has 4 nitrogen and oxygen atoms in total. The number of rotatable bonds is 6. The second kappa shape index (κ2) is 6.02. The standard InChI is InChI=1S/C14H27N3O/c1-17(12-5-2-3-6-12)10-9-16-13(18)11-14(15)7-4-8-14/h12H,2-11,15H2,1H3,(H,16,18). The van der Waals surface area contributed by atoms with Crippen molar-refractivity contribution in [3.05, 3.63) is 0 Å². The number of nitrogens with zero attached hydrogens (tertiary/aromatic N) is 1. The normalized spacial score (nSPS) is 23.1. The minimum atomic E-state index is -0.193. The lowest BCUT2D eigenvalue weighted by Crippen LogP contribution is -2.50. The minimum absolute atomic E-state index is 0.122. The van der Waals surface area contributed by atoms with Crippen molar-refractivity contribution in [3.63, 3.8) is 0 Å². The Kier molecular flexibility index (Phi) is 4.62. The number of carbonyl (C=O) groups excluding carboxylic acids is 1. The van der Waals surface area contributed by atoms with Gasteiger partial charge in [0.15, 0.2) is 0 Å². The number of nitrogens with one attached hydrogen (secondary N) is 1. The van der Waals surface area contributed by atoms with Crippen LogP contribution in [-0.2, 0) is 4.79 Å². The van der Waals surface area contributed by atoms with E-state index in [1.165, 1.54) is 32.1 Å². The summed E-state index contributed by atoms with van der Waals surface area (Å²) in [6.07, 6.45) is 9.03. The number of hydrogen-bond acceptors (Lipinski definition) is 3. The van der Waals surface area contributed by atoms with E-state index in [1.54, 1.807) is 0 Å². The molecule has 0 aromatic rings. The summed E-state index contributed by atoms with van der Waals surface area (Å²) < 4.78 is 0. The molecule has 0 saturated heterocycles. The second-order valence-corrected chi connectivity index (χ2v) is 6.16. The maximum atomic E-state index is 11.7. The van der Waals surface area contributed by atoms with Crippen LogP contribution in [0.2, 0.25) is 0 Å². The summed E-state index contributed by atoms with van der Waals surface area (Å²) in [4.78, 5) is 14.1. The van der Waals surface area contributed by atoms with Crippen LogP contribution in [0, 0.1) is 0 Å². The van der Waals surface area contributed by atoms with Crippen molar-refractivity contribution in [1.29, 1.82) is 0 Å². The molecule has 2 aliphatic carbocycles. The zero-order chi connectivity index (χ0) is 13.0. The van der Waals surface area contributed by atoms with E-state index in [1.807, 2.05) is 0 Å². The van der Waals surface area contributed by atoms with Crippen molar-refractivity contribution in [2.24, 2.45) is 5.73 Å². The summed E-state index contributed by atoms with van der Waals surface area (Å²) in [5, 5.41) is 3.00. The van der Waals surface area contributed by atoms with E-state index in [-0.39, 0.29) is 11.4 Å².